The zero-order valence-electron chi connectivity index (χ0n) is 31.9. The summed E-state index contributed by atoms with van der Waals surface area (Å²) in [6.45, 7) is 0. The largest absolute Gasteiger partial charge is 0.508 e. The predicted molar refractivity (Wildman–Crippen MR) is 225 cm³/mol. The van der Waals surface area contributed by atoms with E-state index in [0.29, 0.717) is 18.4 Å². The number of phenols is 2. The standard InChI is InChI=1S/C23H21NO4.C13H10O3.C10H13NO2.ClH/c1-28-23(27)21(15-16-5-3-2-4-6-16)24-22(26)19-9-7-17(8-10-19)18-11-13-20(25)14-12-18;14-12-7-5-10(6-8-12)9-1-3-11(4-2-9)13(15)16;1-13-10(12)9(11)7-8-5-3-2-4-6-8;/h2-14,21,25H,15H2,1H3,(H,24,26);1-8,14H,(H,15,16);2-6,9H,7,11H2,1H3;1H. The van der Waals surface area contributed by atoms with Gasteiger partial charge in [0.05, 0.1) is 19.8 Å². The van der Waals surface area contributed by atoms with Gasteiger partial charge in [0, 0.05) is 12.0 Å². The Morgan fingerprint density at radius 1 is 0.534 bits per heavy atom. The van der Waals surface area contributed by atoms with E-state index >= 15 is 0 Å². The first-order valence-corrected chi connectivity index (χ1v) is 17.8. The first-order chi connectivity index (χ1) is 27.5. The molecule has 6 N–H and O–H groups in total. The van der Waals surface area contributed by atoms with Gasteiger partial charge in [-0.3, -0.25) is 9.59 Å². The van der Waals surface area contributed by atoms with Crippen LogP contribution in [0.1, 0.15) is 31.8 Å². The summed E-state index contributed by atoms with van der Waals surface area (Å²) in [6.07, 6.45) is 0.873. The van der Waals surface area contributed by atoms with Crippen LogP contribution in [0.3, 0.4) is 0 Å². The molecule has 0 aromatic heterocycles. The molecule has 58 heavy (non-hydrogen) atoms. The molecule has 0 aliphatic rings. The molecule has 0 bridgehead atoms. The number of carboxylic acids is 1. The molecule has 0 aliphatic carbocycles. The van der Waals surface area contributed by atoms with E-state index < -0.39 is 24.0 Å². The number of carbonyl (C=O) groups is 4. The maximum Gasteiger partial charge on any atom is 0.335 e. The Morgan fingerprint density at radius 2 is 0.897 bits per heavy atom. The minimum Gasteiger partial charge on any atom is -0.508 e. The second-order valence-corrected chi connectivity index (χ2v) is 12.6. The molecule has 0 heterocycles. The number of hydrogen-bond acceptors (Lipinski definition) is 9. The van der Waals surface area contributed by atoms with Crippen LogP contribution in [0, 0.1) is 0 Å². The highest BCUT2D eigenvalue weighted by Gasteiger charge is 2.22. The molecule has 1 amide bonds. The minimum absolute atomic E-state index is 0. The summed E-state index contributed by atoms with van der Waals surface area (Å²) in [6, 6.07) is 45.0. The van der Waals surface area contributed by atoms with Crippen molar-refractivity contribution in [2.75, 3.05) is 14.2 Å². The van der Waals surface area contributed by atoms with E-state index in [4.69, 9.17) is 20.7 Å². The van der Waals surface area contributed by atoms with Gasteiger partial charge in [0.1, 0.15) is 23.6 Å². The van der Waals surface area contributed by atoms with E-state index in [9.17, 15) is 24.3 Å². The number of nitrogens with one attached hydrogen (secondary N) is 1. The SMILES string of the molecule is COC(=O)C(Cc1ccccc1)NC(=O)c1ccc(-c2ccc(O)cc2)cc1.COC(=O)C(N)Cc1ccccc1.Cl.O=C(O)c1ccc(-c2ccc(O)cc2)cc1. The second-order valence-electron chi connectivity index (χ2n) is 12.6. The molecule has 11 nitrogen and oxygen atoms in total. The number of esters is 2. The van der Waals surface area contributed by atoms with Crippen molar-refractivity contribution in [1.82, 2.24) is 5.32 Å². The monoisotopic (exact) mass is 804 g/mol. The number of phenolic OH excluding ortho intramolecular Hbond substituents is 2. The number of halogens is 1. The summed E-state index contributed by atoms with van der Waals surface area (Å²) in [5.41, 5.74) is 12.0. The van der Waals surface area contributed by atoms with Crippen molar-refractivity contribution in [3.05, 3.63) is 180 Å². The maximum atomic E-state index is 12.6. The average Bonchev–Trinajstić information content (AvgIpc) is 3.24. The number of nitrogens with two attached hydrogens (primary N) is 1. The van der Waals surface area contributed by atoms with E-state index in [1.807, 2.05) is 72.8 Å². The van der Waals surface area contributed by atoms with Gasteiger partial charge in [-0.05, 0) is 88.3 Å². The Labute approximate surface area is 343 Å². The van der Waals surface area contributed by atoms with Crippen molar-refractivity contribution >= 4 is 36.2 Å². The highest BCUT2D eigenvalue weighted by atomic mass is 35.5. The zero-order valence-corrected chi connectivity index (χ0v) is 32.7. The minimum atomic E-state index is -0.933. The topological polar surface area (TPSA) is 185 Å². The van der Waals surface area contributed by atoms with Crippen LogP contribution in [0.25, 0.3) is 22.3 Å². The molecule has 0 fully saturated rings. The molecule has 6 rings (SSSR count). The number of ether oxygens (including phenoxy) is 2. The van der Waals surface area contributed by atoms with Crippen LogP contribution in [0.4, 0.5) is 0 Å². The number of hydrogen-bond donors (Lipinski definition) is 5. The Kier molecular flexibility index (Phi) is 18.2. The van der Waals surface area contributed by atoms with Gasteiger partial charge in [0.15, 0.2) is 0 Å². The Morgan fingerprint density at radius 3 is 1.28 bits per heavy atom. The fourth-order valence-corrected chi connectivity index (χ4v) is 5.46. The molecule has 0 saturated carbocycles. The zero-order chi connectivity index (χ0) is 41.2. The number of aromatic hydroxyl groups is 2. The van der Waals surface area contributed by atoms with Crippen LogP contribution < -0.4 is 11.1 Å². The fourth-order valence-electron chi connectivity index (χ4n) is 5.46. The molecular formula is C46H45ClN2O9. The van der Waals surface area contributed by atoms with Crippen LogP contribution in [0.5, 0.6) is 11.5 Å². The number of methoxy groups -OCH3 is 2. The van der Waals surface area contributed by atoms with Gasteiger partial charge >= 0.3 is 17.9 Å². The van der Waals surface area contributed by atoms with Crippen molar-refractivity contribution in [2.45, 2.75) is 24.9 Å². The van der Waals surface area contributed by atoms with Crippen molar-refractivity contribution in [1.29, 1.82) is 0 Å². The van der Waals surface area contributed by atoms with E-state index in [0.717, 1.165) is 33.4 Å². The third-order valence-electron chi connectivity index (χ3n) is 8.56. The molecule has 2 unspecified atom stereocenters. The smallest absolute Gasteiger partial charge is 0.335 e. The van der Waals surface area contributed by atoms with Gasteiger partial charge in [-0.25, -0.2) is 9.59 Å². The van der Waals surface area contributed by atoms with Crippen molar-refractivity contribution in [2.24, 2.45) is 5.73 Å². The van der Waals surface area contributed by atoms with Gasteiger partial charge in [-0.15, -0.1) is 12.4 Å². The summed E-state index contributed by atoms with van der Waals surface area (Å²) in [5.74, 6) is -1.72. The van der Waals surface area contributed by atoms with Gasteiger partial charge in [-0.2, -0.15) is 0 Å². The van der Waals surface area contributed by atoms with E-state index in [2.05, 4.69) is 10.1 Å². The molecule has 0 saturated heterocycles. The number of rotatable bonds is 11. The average molecular weight is 805 g/mol. The van der Waals surface area contributed by atoms with E-state index in [1.54, 1.807) is 84.9 Å². The Bertz CT molecular complexity index is 2180. The van der Waals surface area contributed by atoms with Crippen LogP contribution in [0.15, 0.2) is 158 Å². The predicted octanol–water partition coefficient (Wildman–Crippen LogP) is 7.48. The van der Waals surface area contributed by atoms with Gasteiger partial charge in [0.25, 0.3) is 5.91 Å². The lowest BCUT2D eigenvalue weighted by atomic mass is 10.0. The molecule has 6 aromatic carbocycles. The molecule has 300 valence electrons. The normalized spacial score (nSPS) is 11.0. The summed E-state index contributed by atoms with van der Waals surface area (Å²) in [7, 11) is 2.64. The number of aromatic carboxylic acids is 1. The molecule has 0 aliphatic heterocycles. The third kappa shape index (κ3) is 14.3. The van der Waals surface area contributed by atoms with Gasteiger partial charge in [-0.1, -0.05) is 109 Å². The Hall–Kier alpha value is -6.95. The van der Waals surface area contributed by atoms with Crippen LogP contribution in [-0.2, 0) is 31.9 Å². The van der Waals surface area contributed by atoms with E-state index in [-0.39, 0.29) is 41.3 Å². The summed E-state index contributed by atoms with van der Waals surface area (Å²) >= 11 is 0. The number of amides is 1. The van der Waals surface area contributed by atoms with Crippen LogP contribution in [0.2, 0.25) is 0 Å². The second kappa shape index (κ2) is 23.2. The van der Waals surface area contributed by atoms with Crippen molar-refractivity contribution in [3.63, 3.8) is 0 Å². The van der Waals surface area contributed by atoms with E-state index in [1.165, 1.54) is 14.2 Å². The molecule has 12 heteroatoms. The maximum absolute atomic E-state index is 12.6. The van der Waals surface area contributed by atoms with Gasteiger partial charge in [0.2, 0.25) is 0 Å². The number of benzene rings is 6. The number of carbonyl (C=O) groups excluding carboxylic acids is 3. The third-order valence-corrected chi connectivity index (χ3v) is 8.56. The first kappa shape index (κ1) is 45.4. The summed E-state index contributed by atoms with van der Waals surface area (Å²) in [5, 5.41) is 30.0. The lowest BCUT2D eigenvalue weighted by molar-refractivity contribution is -0.143. The van der Waals surface area contributed by atoms with Gasteiger partial charge < -0.3 is 35.8 Å². The molecular weight excluding hydrogens is 760 g/mol. The summed E-state index contributed by atoms with van der Waals surface area (Å²) < 4.78 is 9.35. The highest BCUT2D eigenvalue weighted by molar-refractivity contribution is 5.97. The summed E-state index contributed by atoms with van der Waals surface area (Å²) in [4.78, 5) is 46.3. The molecule has 0 spiro atoms. The molecule has 2 atom stereocenters. The fraction of sp³-hybridized carbons (Fsp3) is 0.130. The lowest BCUT2D eigenvalue weighted by Crippen LogP contribution is -2.43. The van der Waals surface area contributed by atoms with Crippen LogP contribution >= 0.6 is 12.4 Å². The van der Waals surface area contributed by atoms with Crippen molar-refractivity contribution < 1.29 is 44.0 Å². The molecule has 6 aromatic rings. The van der Waals surface area contributed by atoms with Crippen molar-refractivity contribution in [3.8, 4) is 33.8 Å². The lowest BCUT2D eigenvalue weighted by Gasteiger charge is -2.17. The quantitative estimate of drug-likeness (QED) is 0.0823. The number of carboxylic acid groups (broad SMARTS) is 1. The molecule has 0 radical (unpaired) electrons. The highest BCUT2D eigenvalue weighted by Crippen LogP contribution is 2.23. The first-order valence-electron chi connectivity index (χ1n) is 17.8. The van der Waals surface area contributed by atoms with Crippen LogP contribution in [-0.4, -0.2) is 65.4 Å². The Balaban J connectivity index is 0.000000254.